The van der Waals surface area contributed by atoms with Crippen molar-refractivity contribution in [2.24, 2.45) is 0 Å². The van der Waals surface area contributed by atoms with Gasteiger partial charge in [0.1, 0.15) is 18.6 Å². The molecule has 0 aliphatic rings. The monoisotopic (exact) mass is 167 g/mol. The molecule has 69 valence electrons. The summed E-state index contributed by atoms with van der Waals surface area (Å²) in [4.78, 5) is 2.37. The van der Waals surface area contributed by atoms with E-state index in [1.54, 1.807) is 0 Å². The second kappa shape index (κ2) is 5.15. The van der Waals surface area contributed by atoms with Crippen LogP contribution in [0.3, 0.4) is 0 Å². The molecule has 0 aliphatic heterocycles. The van der Waals surface area contributed by atoms with Gasteiger partial charge in [-0.15, -0.1) is 0 Å². The Morgan fingerprint density at radius 3 is 1.83 bits per heavy atom. The molecule has 1 nitrogen and oxygen atoms in total. The first-order valence-corrected chi connectivity index (χ1v) is 4.55. The highest BCUT2D eigenvalue weighted by Crippen LogP contribution is 2.14. The highest BCUT2D eigenvalue weighted by atomic mass is 15.2. The van der Waals surface area contributed by atoms with E-state index in [0.717, 1.165) is 19.5 Å². The summed E-state index contributed by atoms with van der Waals surface area (Å²) >= 11 is 0. The van der Waals surface area contributed by atoms with Crippen LogP contribution in [-0.4, -0.2) is 18.6 Å². The largest absolute Gasteiger partial charge is 0.158 e. The minimum atomic E-state index is 0.252. The molecular weight excluding hydrogens is 146 g/mol. The van der Waals surface area contributed by atoms with Crippen molar-refractivity contribution in [1.29, 1.82) is 0 Å². The molecule has 0 unspecified atom stereocenters. The SMILES string of the molecule is C=CC[N+](CC=C)C(C)(C)CC. The highest BCUT2D eigenvalue weighted by molar-refractivity contribution is 4.93. The first-order valence-electron chi connectivity index (χ1n) is 4.55. The lowest BCUT2D eigenvalue weighted by Crippen LogP contribution is -2.48. The summed E-state index contributed by atoms with van der Waals surface area (Å²) in [5.74, 6) is 0. The van der Waals surface area contributed by atoms with E-state index in [9.17, 15) is 0 Å². The molecule has 1 heteroatoms. The summed E-state index contributed by atoms with van der Waals surface area (Å²) in [5.41, 5.74) is 0.252. The van der Waals surface area contributed by atoms with Gasteiger partial charge >= 0.3 is 0 Å². The number of rotatable bonds is 6. The normalized spacial score (nSPS) is 11.7. The molecule has 12 heavy (non-hydrogen) atoms. The van der Waals surface area contributed by atoms with Crippen LogP contribution in [0.25, 0.3) is 0 Å². The van der Waals surface area contributed by atoms with Gasteiger partial charge in [0.25, 0.3) is 0 Å². The third-order valence-electron chi connectivity index (χ3n) is 2.42. The number of hydrogen-bond donors (Lipinski definition) is 0. The molecule has 0 aromatic rings. The molecule has 0 N–H and O–H groups in total. The van der Waals surface area contributed by atoms with E-state index in [-0.39, 0.29) is 5.54 Å². The van der Waals surface area contributed by atoms with Gasteiger partial charge in [-0.2, -0.15) is 4.90 Å². The second-order valence-electron chi connectivity index (χ2n) is 3.65. The Bertz CT molecular complexity index is 137. The van der Waals surface area contributed by atoms with Crippen LogP contribution in [0.15, 0.2) is 25.3 Å². The molecule has 0 saturated carbocycles. The second-order valence-corrected chi connectivity index (χ2v) is 3.65. The minimum absolute atomic E-state index is 0.252. The quantitative estimate of drug-likeness (QED) is 0.424. The van der Waals surface area contributed by atoms with E-state index in [1.165, 1.54) is 0 Å². The minimum Gasteiger partial charge on any atom is -0.158 e. The Balaban J connectivity index is 4.25. The summed E-state index contributed by atoms with van der Waals surface area (Å²) in [6.45, 7) is 16.1. The zero-order chi connectivity index (χ0) is 9.61. The third kappa shape index (κ3) is 3.22. The van der Waals surface area contributed by atoms with Gasteiger partial charge in [-0.05, 0) is 26.0 Å². The van der Waals surface area contributed by atoms with Crippen molar-refractivity contribution in [3.05, 3.63) is 25.3 Å². The Labute approximate surface area is 76.8 Å². The van der Waals surface area contributed by atoms with Crippen molar-refractivity contribution in [1.82, 2.24) is 4.90 Å². The summed E-state index contributed by atoms with van der Waals surface area (Å²) < 4.78 is 0. The van der Waals surface area contributed by atoms with Crippen molar-refractivity contribution >= 4 is 0 Å². The van der Waals surface area contributed by atoms with E-state index in [0.29, 0.717) is 0 Å². The molecule has 0 heterocycles. The smallest absolute Gasteiger partial charge is 0.141 e. The summed E-state index contributed by atoms with van der Waals surface area (Å²) in [6, 6.07) is 0. The molecule has 0 aromatic carbocycles. The first-order chi connectivity index (χ1) is 5.58. The molecule has 0 atom stereocenters. The van der Waals surface area contributed by atoms with Crippen LogP contribution in [0, 0.1) is 0 Å². The number of hydrogen-bond acceptors (Lipinski definition) is 1. The van der Waals surface area contributed by atoms with Gasteiger partial charge in [0, 0.05) is 6.42 Å². The van der Waals surface area contributed by atoms with E-state index in [2.05, 4.69) is 38.8 Å². The molecule has 1 radical (unpaired) electrons. The van der Waals surface area contributed by atoms with Crippen LogP contribution < -0.4 is 4.90 Å². The molecule has 0 rings (SSSR count). The van der Waals surface area contributed by atoms with Crippen molar-refractivity contribution in [2.45, 2.75) is 32.7 Å². The summed E-state index contributed by atoms with van der Waals surface area (Å²) in [7, 11) is 0. The standard InChI is InChI=1S/C11H21N/c1-6-9-12(10-7-2)11(4,5)8-3/h6-7H,1-2,8-10H2,3-5H3/q+1. The van der Waals surface area contributed by atoms with Crippen molar-refractivity contribution in [2.75, 3.05) is 13.1 Å². The molecule has 0 amide bonds. The lowest BCUT2D eigenvalue weighted by Gasteiger charge is -2.26. The molecule has 0 aromatic heterocycles. The Morgan fingerprint density at radius 2 is 1.58 bits per heavy atom. The fourth-order valence-electron chi connectivity index (χ4n) is 1.10. The average molecular weight is 167 g/mol. The van der Waals surface area contributed by atoms with Crippen LogP contribution in [-0.2, 0) is 0 Å². The van der Waals surface area contributed by atoms with E-state index in [4.69, 9.17) is 0 Å². The molecule has 0 aliphatic carbocycles. The van der Waals surface area contributed by atoms with Crippen LogP contribution in [0.1, 0.15) is 27.2 Å². The van der Waals surface area contributed by atoms with Gasteiger partial charge in [-0.25, -0.2) is 0 Å². The van der Waals surface area contributed by atoms with Crippen molar-refractivity contribution < 1.29 is 0 Å². The number of nitrogens with zero attached hydrogens (tertiary/aromatic N) is 1. The molecule has 0 bridgehead atoms. The van der Waals surface area contributed by atoms with E-state index in [1.807, 2.05) is 12.2 Å². The van der Waals surface area contributed by atoms with Gasteiger partial charge in [0.05, 0.1) is 0 Å². The van der Waals surface area contributed by atoms with Gasteiger partial charge in [-0.3, -0.25) is 0 Å². The predicted octanol–water partition coefficient (Wildman–Crippen LogP) is 2.69. The van der Waals surface area contributed by atoms with Crippen molar-refractivity contribution in [3.8, 4) is 0 Å². The van der Waals surface area contributed by atoms with Gasteiger partial charge < -0.3 is 0 Å². The molecular formula is C11H21N+. The van der Waals surface area contributed by atoms with E-state index < -0.39 is 0 Å². The van der Waals surface area contributed by atoms with Crippen LogP contribution in [0.2, 0.25) is 0 Å². The summed E-state index contributed by atoms with van der Waals surface area (Å²) in [5, 5.41) is 0. The Kier molecular flexibility index (Phi) is 4.91. The lowest BCUT2D eigenvalue weighted by molar-refractivity contribution is 0.253. The van der Waals surface area contributed by atoms with Gasteiger partial charge in [0.15, 0.2) is 0 Å². The lowest BCUT2D eigenvalue weighted by atomic mass is 9.99. The van der Waals surface area contributed by atoms with E-state index >= 15 is 0 Å². The van der Waals surface area contributed by atoms with Crippen LogP contribution in [0.5, 0.6) is 0 Å². The molecule has 0 fully saturated rings. The zero-order valence-electron chi connectivity index (χ0n) is 8.64. The van der Waals surface area contributed by atoms with Gasteiger partial charge in [0.2, 0.25) is 0 Å². The topological polar surface area (TPSA) is 5.90 Å². The zero-order valence-corrected chi connectivity index (χ0v) is 8.64. The average Bonchev–Trinajstić information content (AvgIpc) is 2.04. The Hall–Kier alpha value is -0.560. The highest BCUT2D eigenvalue weighted by Gasteiger charge is 2.31. The summed E-state index contributed by atoms with van der Waals surface area (Å²) in [6.07, 6.45) is 5.04. The molecule has 0 spiro atoms. The third-order valence-corrected chi connectivity index (χ3v) is 2.42. The Morgan fingerprint density at radius 1 is 1.17 bits per heavy atom. The van der Waals surface area contributed by atoms with Crippen LogP contribution >= 0.6 is 0 Å². The first kappa shape index (κ1) is 11.4. The van der Waals surface area contributed by atoms with Crippen molar-refractivity contribution in [3.63, 3.8) is 0 Å². The van der Waals surface area contributed by atoms with Gasteiger partial charge in [-0.1, -0.05) is 20.1 Å². The maximum Gasteiger partial charge on any atom is 0.141 e. The fraction of sp³-hybridized carbons (Fsp3) is 0.636. The molecule has 0 saturated heterocycles. The van der Waals surface area contributed by atoms with Crippen LogP contribution in [0.4, 0.5) is 0 Å². The maximum absolute atomic E-state index is 3.75. The maximum atomic E-state index is 3.75. The predicted molar refractivity (Wildman–Crippen MR) is 56.6 cm³/mol. The fourth-order valence-corrected chi connectivity index (χ4v) is 1.10.